The van der Waals surface area contributed by atoms with E-state index in [4.69, 9.17) is 22.2 Å². The van der Waals surface area contributed by atoms with E-state index in [1.54, 1.807) is 0 Å². The SMILES string of the molecule is C[Si](P)(Cl)Cl. The normalized spacial score (nSPS) is 12.0. The standard InChI is InChI=1S/CH5Cl2PSi/c1-5(2,3)4/h4H2,1H3. The Labute approximate surface area is 44.3 Å². The second kappa shape index (κ2) is 1.79. The van der Waals surface area contributed by atoms with Gasteiger partial charge in [-0.25, -0.2) is 0 Å². The highest BCUT2D eigenvalue weighted by Gasteiger charge is 2.09. The molecule has 0 N–H and O–H groups in total. The van der Waals surface area contributed by atoms with Crippen LogP contribution in [0, 0.1) is 0 Å². The average Bonchev–Trinajstić information content (AvgIpc) is 0.722. The van der Waals surface area contributed by atoms with Crippen LogP contribution >= 0.6 is 30.9 Å². The van der Waals surface area contributed by atoms with Crippen molar-refractivity contribution >= 4 is 37.3 Å². The van der Waals surface area contributed by atoms with Gasteiger partial charge in [0.25, 0.3) is 6.36 Å². The summed E-state index contributed by atoms with van der Waals surface area (Å²) in [5.74, 6) is 0. The minimum atomic E-state index is -1.75. The van der Waals surface area contributed by atoms with Gasteiger partial charge in [0.15, 0.2) is 0 Å². The number of rotatable bonds is 0. The summed E-state index contributed by atoms with van der Waals surface area (Å²) in [6.45, 7) is 1.82. The molecule has 0 aromatic heterocycles. The fraction of sp³-hybridized carbons (Fsp3) is 1.00. The van der Waals surface area contributed by atoms with E-state index in [1.807, 2.05) is 6.55 Å². The minimum Gasteiger partial charge on any atom is -0.141 e. The summed E-state index contributed by atoms with van der Waals surface area (Å²) < 4.78 is 0. The monoisotopic (exact) mass is 146 g/mol. The molecule has 0 bridgehead atoms. The van der Waals surface area contributed by atoms with Crippen LogP contribution < -0.4 is 0 Å². The Morgan fingerprint density at radius 1 is 1.60 bits per heavy atom. The maximum Gasteiger partial charge on any atom is 0.265 e. The molecule has 0 nitrogen and oxygen atoms in total. The van der Waals surface area contributed by atoms with Crippen molar-refractivity contribution in [3.8, 4) is 0 Å². The zero-order valence-electron chi connectivity index (χ0n) is 2.83. The molecular formula is CH5Cl2PSi. The second-order valence-electron chi connectivity index (χ2n) is 0.956. The lowest BCUT2D eigenvalue weighted by Gasteiger charge is -1.93. The van der Waals surface area contributed by atoms with Gasteiger partial charge in [-0.1, -0.05) is 0 Å². The van der Waals surface area contributed by atoms with Crippen molar-refractivity contribution in [3.63, 3.8) is 0 Å². The Bertz CT molecular complexity index is 25.1. The maximum absolute atomic E-state index is 5.40. The third-order valence-electron chi connectivity index (χ3n) is 0. The Balaban J connectivity index is 3.02. The third-order valence-corrected chi connectivity index (χ3v) is 0. The Morgan fingerprint density at radius 2 is 1.60 bits per heavy atom. The average molecular weight is 147 g/mol. The summed E-state index contributed by atoms with van der Waals surface area (Å²) in [5.41, 5.74) is 0. The van der Waals surface area contributed by atoms with Crippen LogP contribution in [0.25, 0.3) is 0 Å². The molecule has 1 unspecified atom stereocenters. The first kappa shape index (κ1) is 6.23. The molecule has 0 heterocycles. The molecular weight excluding hydrogens is 142 g/mol. The van der Waals surface area contributed by atoms with Gasteiger partial charge in [0.05, 0.1) is 0 Å². The quantitative estimate of drug-likeness (QED) is 0.279. The highest BCUT2D eigenvalue weighted by Crippen LogP contribution is 2.20. The molecule has 0 saturated carbocycles. The van der Waals surface area contributed by atoms with E-state index in [9.17, 15) is 0 Å². The maximum atomic E-state index is 5.40. The molecule has 0 amide bonds. The van der Waals surface area contributed by atoms with Crippen molar-refractivity contribution in [1.29, 1.82) is 0 Å². The second-order valence-corrected chi connectivity index (χ2v) is 13.8. The van der Waals surface area contributed by atoms with Gasteiger partial charge in [0.1, 0.15) is 0 Å². The van der Waals surface area contributed by atoms with E-state index in [2.05, 4.69) is 8.79 Å². The third kappa shape index (κ3) is 36.2. The fourth-order valence-electron chi connectivity index (χ4n) is 0. The van der Waals surface area contributed by atoms with E-state index in [1.165, 1.54) is 0 Å². The van der Waals surface area contributed by atoms with Crippen LogP contribution in [0.3, 0.4) is 0 Å². The smallest absolute Gasteiger partial charge is 0.141 e. The zero-order valence-corrected chi connectivity index (χ0v) is 6.50. The van der Waals surface area contributed by atoms with Crippen LogP contribution in [-0.2, 0) is 0 Å². The summed E-state index contributed by atoms with van der Waals surface area (Å²) in [7, 11) is 2.39. The molecule has 0 spiro atoms. The van der Waals surface area contributed by atoms with Crippen LogP contribution in [0.4, 0.5) is 0 Å². The molecule has 0 aliphatic carbocycles. The van der Waals surface area contributed by atoms with Crippen LogP contribution in [-0.4, -0.2) is 6.36 Å². The Morgan fingerprint density at radius 3 is 1.60 bits per heavy atom. The molecule has 0 aliphatic rings. The topological polar surface area (TPSA) is 0 Å². The first-order valence-corrected chi connectivity index (χ1v) is 7.50. The summed E-state index contributed by atoms with van der Waals surface area (Å²) in [4.78, 5) is 0. The van der Waals surface area contributed by atoms with Crippen LogP contribution in [0.5, 0.6) is 0 Å². The predicted molar refractivity (Wildman–Crippen MR) is 33.0 cm³/mol. The summed E-state index contributed by atoms with van der Waals surface area (Å²) >= 11 is 10.8. The predicted octanol–water partition coefficient (Wildman–Crippen LogP) is 1.91. The number of halogens is 2. The van der Waals surface area contributed by atoms with E-state index in [0.29, 0.717) is 0 Å². The molecule has 1 atom stereocenters. The van der Waals surface area contributed by atoms with Gasteiger partial charge in [-0.15, -0.1) is 30.9 Å². The summed E-state index contributed by atoms with van der Waals surface area (Å²) in [6.07, 6.45) is -1.75. The lowest BCUT2D eigenvalue weighted by Crippen LogP contribution is -1.95. The van der Waals surface area contributed by atoms with E-state index in [0.717, 1.165) is 0 Å². The fourth-order valence-corrected chi connectivity index (χ4v) is 0. The van der Waals surface area contributed by atoms with Crippen molar-refractivity contribution in [2.45, 2.75) is 6.55 Å². The van der Waals surface area contributed by atoms with Gasteiger partial charge in [-0.3, -0.25) is 0 Å². The van der Waals surface area contributed by atoms with Crippen molar-refractivity contribution < 1.29 is 0 Å². The molecule has 4 heteroatoms. The molecule has 5 heavy (non-hydrogen) atoms. The minimum absolute atomic E-state index is 1.75. The molecule has 0 fully saturated rings. The van der Waals surface area contributed by atoms with Gasteiger partial charge >= 0.3 is 0 Å². The van der Waals surface area contributed by atoms with E-state index in [-0.39, 0.29) is 0 Å². The molecule has 0 saturated heterocycles. The van der Waals surface area contributed by atoms with Gasteiger partial charge in [-0.05, 0) is 6.55 Å². The van der Waals surface area contributed by atoms with E-state index < -0.39 is 6.36 Å². The first-order chi connectivity index (χ1) is 2.00. The highest BCUT2D eigenvalue weighted by atomic mass is 35.7. The van der Waals surface area contributed by atoms with Crippen molar-refractivity contribution in [3.05, 3.63) is 0 Å². The molecule has 0 aromatic rings. The largest absolute Gasteiger partial charge is 0.265 e. The highest BCUT2D eigenvalue weighted by molar-refractivity contribution is 7.92. The summed E-state index contributed by atoms with van der Waals surface area (Å²) in [6, 6.07) is 0. The lowest BCUT2D eigenvalue weighted by atomic mass is 11.9. The van der Waals surface area contributed by atoms with Gasteiger partial charge in [-0.2, -0.15) is 0 Å². The molecule has 32 valence electrons. The molecule has 0 radical (unpaired) electrons. The van der Waals surface area contributed by atoms with Crippen molar-refractivity contribution in [2.24, 2.45) is 0 Å². The van der Waals surface area contributed by atoms with Gasteiger partial charge in [0.2, 0.25) is 0 Å². The molecule has 0 aliphatic heterocycles. The first-order valence-electron chi connectivity index (χ1n) is 1.17. The molecule has 0 rings (SSSR count). The number of hydrogen-bond donors (Lipinski definition) is 0. The summed E-state index contributed by atoms with van der Waals surface area (Å²) in [5, 5.41) is 0. The number of hydrogen-bond acceptors (Lipinski definition) is 0. The van der Waals surface area contributed by atoms with Crippen LogP contribution in [0.15, 0.2) is 0 Å². The van der Waals surface area contributed by atoms with Crippen LogP contribution in [0.1, 0.15) is 0 Å². The van der Waals surface area contributed by atoms with E-state index >= 15 is 0 Å². The van der Waals surface area contributed by atoms with Crippen molar-refractivity contribution in [1.82, 2.24) is 0 Å². The van der Waals surface area contributed by atoms with Crippen molar-refractivity contribution in [2.75, 3.05) is 0 Å². The Hall–Kier alpha value is 1.23. The zero-order chi connectivity index (χ0) is 4.50. The lowest BCUT2D eigenvalue weighted by molar-refractivity contribution is 2.32. The van der Waals surface area contributed by atoms with Crippen LogP contribution in [0.2, 0.25) is 6.55 Å². The Kier molecular flexibility index (Phi) is 2.23. The molecule has 0 aromatic carbocycles. The van der Waals surface area contributed by atoms with Gasteiger partial charge in [0, 0.05) is 0 Å². The van der Waals surface area contributed by atoms with Gasteiger partial charge < -0.3 is 0 Å².